The SMILES string of the molecule is CCCCCNc1ccc(NS(=O)(=O)c2ccc(C(C)C)cc2)nn1. The van der Waals surface area contributed by atoms with Gasteiger partial charge in [-0.3, -0.25) is 4.72 Å². The summed E-state index contributed by atoms with van der Waals surface area (Å²) in [6.07, 6.45) is 3.39. The van der Waals surface area contributed by atoms with Gasteiger partial charge in [0, 0.05) is 6.54 Å². The molecule has 7 heteroatoms. The first kappa shape index (κ1) is 19.2. The molecular formula is C18H26N4O2S. The van der Waals surface area contributed by atoms with E-state index in [1.165, 1.54) is 0 Å². The van der Waals surface area contributed by atoms with Crippen LogP contribution in [0.1, 0.15) is 51.5 Å². The summed E-state index contributed by atoms with van der Waals surface area (Å²) in [4.78, 5) is 0.209. The van der Waals surface area contributed by atoms with Crippen LogP contribution in [0.2, 0.25) is 0 Å². The number of sulfonamides is 1. The number of benzene rings is 1. The van der Waals surface area contributed by atoms with Crippen LogP contribution in [0.5, 0.6) is 0 Å². The monoisotopic (exact) mass is 362 g/mol. The van der Waals surface area contributed by atoms with E-state index in [0.717, 1.165) is 31.4 Å². The van der Waals surface area contributed by atoms with Crippen molar-refractivity contribution in [2.75, 3.05) is 16.6 Å². The van der Waals surface area contributed by atoms with Crippen molar-refractivity contribution in [1.29, 1.82) is 0 Å². The van der Waals surface area contributed by atoms with Gasteiger partial charge in [0.05, 0.1) is 4.90 Å². The van der Waals surface area contributed by atoms with E-state index in [9.17, 15) is 8.42 Å². The van der Waals surface area contributed by atoms with Crippen LogP contribution in [0.25, 0.3) is 0 Å². The second kappa shape index (κ2) is 8.80. The fourth-order valence-electron chi connectivity index (χ4n) is 2.30. The van der Waals surface area contributed by atoms with Crippen molar-refractivity contribution in [2.24, 2.45) is 0 Å². The normalized spacial score (nSPS) is 11.5. The maximum atomic E-state index is 12.4. The van der Waals surface area contributed by atoms with Gasteiger partial charge in [0.15, 0.2) is 5.82 Å². The number of hydrogen-bond donors (Lipinski definition) is 2. The van der Waals surface area contributed by atoms with Crippen LogP contribution in [-0.4, -0.2) is 25.2 Å². The summed E-state index contributed by atoms with van der Waals surface area (Å²) in [5.41, 5.74) is 1.09. The molecule has 6 nitrogen and oxygen atoms in total. The third-order valence-electron chi connectivity index (χ3n) is 3.85. The molecule has 2 aromatic rings. The van der Waals surface area contributed by atoms with Crippen molar-refractivity contribution in [1.82, 2.24) is 10.2 Å². The van der Waals surface area contributed by atoms with Gasteiger partial charge in [-0.1, -0.05) is 45.7 Å². The molecule has 0 fully saturated rings. The second-order valence-electron chi connectivity index (χ2n) is 6.27. The van der Waals surface area contributed by atoms with Gasteiger partial charge in [-0.2, -0.15) is 0 Å². The molecule has 136 valence electrons. The van der Waals surface area contributed by atoms with E-state index in [1.54, 1.807) is 24.3 Å². The topological polar surface area (TPSA) is 84.0 Å². The van der Waals surface area contributed by atoms with E-state index in [2.05, 4.69) is 41.0 Å². The van der Waals surface area contributed by atoms with Gasteiger partial charge in [0.25, 0.3) is 10.0 Å². The van der Waals surface area contributed by atoms with Crippen LogP contribution in [-0.2, 0) is 10.0 Å². The zero-order chi connectivity index (χ0) is 18.3. The van der Waals surface area contributed by atoms with Crippen molar-refractivity contribution in [2.45, 2.75) is 50.8 Å². The molecule has 0 saturated heterocycles. The minimum absolute atomic E-state index is 0.201. The molecule has 0 aliphatic heterocycles. The van der Waals surface area contributed by atoms with Gasteiger partial charge < -0.3 is 5.32 Å². The van der Waals surface area contributed by atoms with Crippen LogP contribution in [0, 0.1) is 0 Å². The number of nitrogens with one attached hydrogen (secondary N) is 2. The van der Waals surface area contributed by atoms with Crippen molar-refractivity contribution in [3.63, 3.8) is 0 Å². The minimum Gasteiger partial charge on any atom is -0.369 e. The summed E-state index contributed by atoms with van der Waals surface area (Å²) >= 11 is 0. The number of rotatable bonds is 9. The predicted molar refractivity (Wildman–Crippen MR) is 101 cm³/mol. The molecule has 0 amide bonds. The number of nitrogens with zero attached hydrogens (tertiary/aromatic N) is 2. The molecule has 0 aliphatic rings. The highest BCUT2D eigenvalue weighted by molar-refractivity contribution is 7.92. The highest BCUT2D eigenvalue weighted by atomic mass is 32.2. The highest BCUT2D eigenvalue weighted by Crippen LogP contribution is 2.19. The standard InChI is InChI=1S/C18H26N4O2S/c1-4-5-6-13-19-17-11-12-18(21-20-17)22-25(23,24)16-9-7-15(8-10-16)14(2)3/h7-12,14H,4-6,13H2,1-3H3,(H,19,20)(H,21,22). The second-order valence-corrected chi connectivity index (χ2v) is 7.95. The first-order valence-corrected chi connectivity index (χ1v) is 10.1. The molecule has 1 heterocycles. The van der Waals surface area contributed by atoms with Crippen LogP contribution in [0.4, 0.5) is 11.6 Å². The Bertz CT molecular complexity index is 757. The van der Waals surface area contributed by atoms with Crippen molar-refractivity contribution in [3.05, 3.63) is 42.0 Å². The largest absolute Gasteiger partial charge is 0.369 e. The van der Waals surface area contributed by atoms with E-state index < -0.39 is 10.0 Å². The third kappa shape index (κ3) is 5.70. The van der Waals surface area contributed by atoms with E-state index in [4.69, 9.17) is 0 Å². The van der Waals surface area contributed by atoms with E-state index >= 15 is 0 Å². The maximum Gasteiger partial charge on any atom is 0.263 e. The van der Waals surface area contributed by atoms with Gasteiger partial charge in [0.1, 0.15) is 5.82 Å². The summed E-state index contributed by atoms with van der Waals surface area (Å²) in [5, 5.41) is 11.1. The Labute approximate surface area is 150 Å². The number of aromatic nitrogens is 2. The Hall–Kier alpha value is -2.15. The summed E-state index contributed by atoms with van der Waals surface area (Å²) in [7, 11) is -3.67. The molecule has 0 saturated carbocycles. The van der Waals surface area contributed by atoms with Crippen molar-refractivity contribution >= 4 is 21.7 Å². The fraction of sp³-hybridized carbons (Fsp3) is 0.444. The lowest BCUT2D eigenvalue weighted by Gasteiger charge is -2.10. The molecule has 0 bridgehead atoms. The molecule has 25 heavy (non-hydrogen) atoms. The Kier molecular flexibility index (Phi) is 6.75. The van der Waals surface area contributed by atoms with Gasteiger partial charge >= 0.3 is 0 Å². The number of hydrogen-bond acceptors (Lipinski definition) is 5. The summed E-state index contributed by atoms with van der Waals surface area (Å²) in [6.45, 7) is 7.11. The van der Waals surface area contributed by atoms with Gasteiger partial charge in [-0.15, -0.1) is 10.2 Å². The smallest absolute Gasteiger partial charge is 0.263 e. The molecular weight excluding hydrogens is 336 g/mol. The lowest BCUT2D eigenvalue weighted by Crippen LogP contribution is -2.14. The quantitative estimate of drug-likeness (QED) is 0.659. The van der Waals surface area contributed by atoms with Crippen molar-refractivity contribution in [3.8, 4) is 0 Å². The summed E-state index contributed by atoms with van der Waals surface area (Å²) in [5.74, 6) is 1.19. The van der Waals surface area contributed by atoms with Crippen LogP contribution >= 0.6 is 0 Å². The Morgan fingerprint density at radius 3 is 2.16 bits per heavy atom. The zero-order valence-electron chi connectivity index (χ0n) is 15.0. The van der Waals surface area contributed by atoms with E-state index in [1.807, 2.05) is 12.1 Å². The first-order valence-electron chi connectivity index (χ1n) is 8.62. The highest BCUT2D eigenvalue weighted by Gasteiger charge is 2.15. The Morgan fingerprint density at radius 2 is 1.60 bits per heavy atom. The molecule has 1 aromatic carbocycles. The molecule has 0 spiro atoms. The number of anilines is 2. The maximum absolute atomic E-state index is 12.4. The third-order valence-corrected chi connectivity index (χ3v) is 5.22. The van der Waals surface area contributed by atoms with Gasteiger partial charge in [-0.05, 0) is 42.2 Å². The molecule has 2 rings (SSSR count). The number of unbranched alkanes of at least 4 members (excludes halogenated alkanes) is 2. The van der Waals surface area contributed by atoms with Gasteiger partial charge in [0.2, 0.25) is 0 Å². The molecule has 2 N–H and O–H groups in total. The lowest BCUT2D eigenvalue weighted by atomic mass is 10.0. The minimum atomic E-state index is -3.67. The van der Waals surface area contributed by atoms with Gasteiger partial charge in [-0.25, -0.2) is 8.42 Å². The fourth-order valence-corrected chi connectivity index (χ4v) is 3.30. The average molecular weight is 362 g/mol. The predicted octanol–water partition coefficient (Wildman–Crippen LogP) is 4.00. The Morgan fingerprint density at radius 1 is 0.960 bits per heavy atom. The van der Waals surface area contributed by atoms with Crippen molar-refractivity contribution < 1.29 is 8.42 Å². The average Bonchev–Trinajstić information content (AvgIpc) is 2.60. The van der Waals surface area contributed by atoms with E-state index in [0.29, 0.717) is 11.7 Å². The van der Waals surface area contributed by atoms with Crippen LogP contribution < -0.4 is 10.0 Å². The Balaban J connectivity index is 2.00. The lowest BCUT2D eigenvalue weighted by molar-refractivity contribution is 0.601. The molecule has 1 aromatic heterocycles. The molecule has 0 atom stereocenters. The zero-order valence-corrected chi connectivity index (χ0v) is 15.8. The molecule has 0 unspecified atom stereocenters. The van der Waals surface area contributed by atoms with E-state index in [-0.39, 0.29) is 10.7 Å². The molecule has 0 aliphatic carbocycles. The molecule has 0 radical (unpaired) electrons. The van der Waals surface area contributed by atoms with Crippen LogP contribution in [0.3, 0.4) is 0 Å². The summed E-state index contributed by atoms with van der Waals surface area (Å²) in [6, 6.07) is 10.2. The van der Waals surface area contributed by atoms with Crippen LogP contribution in [0.15, 0.2) is 41.3 Å². The summed E-state index contributed by atoms with van der Waals surface area (Å²) < 4.78 is 27.3. The first-order chi connectivity index (χ1) is 11.9.